The summed E-state index contributed by atoms with van der Waals surface area (Å²) in [5.41, 5.74) is 19.2. The number of benzene rings is 4. The number of imidazole rings is 2. The van der Waals surface area contributed by atoms with Crippen molar-refractivity contribution in [1.82, 2.24) is 19.9 Å². The predicted molar refractivity (Wildman–Crippen MR) is 135 cm³/mol. The Balaban J connectivity index is 1.34. The first-order chi connectivity index (χ1) is 16.5. The summed E-state index contributed by atoms with van der Waals surface area (Å²) in [5.74, 6) is 1.34. The first kappa shape index (κ1) is 19.8. The molecular weight excluding hydrogens is 424 g/mol. The minimum atomic E-state index is -0.0796. The summed E-state index contributed by atoms with van der Waals surface area (Å²) >= 11 is 0. The van der Waals surface area contributed by atoms with Gasteiger partial charge in [0.05, 0.1) is 22.1 Å². The second-order valence-corrected chi connectivity index (χ2v) is 8.21. The van der Waals surface area contributed by atoms with Crippen molar-refractivity contribution in [1.29, 1.82) is 0 Å². The molecule has 7 heteroatoms. The average molecular weight is 444 g/mol. The second kappa shape index (κ2) is 7.60. The number of ketones is 1. The van der Waals surface area contributed by atoms with Gasteiger partial charge in [-0.3, -0.25) is 4.79 Å². The van der Waals surface area contributed by atoms with Gasteiger partial charge in [0.2, 0.25) is 0 Å². The van der Waals surface area contributed by atoms with Gasteiger partial charge in [-0.2, -0.15) is 0 Å². The summed E-state index contributed by atoms with van der Waals surface area (Å²) in [6, 6.07) is 26.0. The van der Waals surface area contributed by atoms with Crippen LogP contribution in [0, 0.1) is 0 Å². The summed E-state index contributed by atoms with van der Waals surface area (Å²) in [7, 11) is 0. The van der Waals surface area contributed by atoms with E-state index in [0.717, 1.165) is 33.2 Å². The molecule has 2 heterocycles. The Bertz CT molecular complexity index is 1590. The van der Waals surface area contributed by atoms with Gasteiger partial charge >= 0.3 is 0 Å². The number of nitrogen functional groups attached to an aromatic ring is 2. The van der Waals surface area contributed by atoms with Crippen LogP contribution in [-0.4, -0.2) is 25.7 Å². The standard InChI is InChI=1S/C27H20N6O/c28-19-5-1-3-17(11-19)26-30-21-9-7-15(13-23(21)32-26)25(34)16-8-10-22-24(14-16)33-27(31-22)18-4-2-6-20(29)12-18/h1-14H,28-29H2,(H,30,32)(H,31,33). The monoisotopic (exact) mass is 444 g/mol. The number of H-pyrrole nitrogens is 2. The van der Waals surface area contributed by atoms with Crippen LogP contribution >= 0.6 is 0 Å². The molecule has 0 saturated heterocycles. The van der Waals surface area contributed by atoms with E-state index in [0.29, 0.717) is 34.2 Å². The SMILES string of the molecule is Nc1cccc(-c2nc3ccc(C(=O)c4ccc5nc(-c6cccc(N)c6)[nH]c5c4)cc3[nH]2)c1. The Morgan fingerprint density at radius 3 is 1.53 bits per heavy atom. The Morgan fingerprint density at radius 2 is 1.09 bits per heavy atom. The molecule has 0 aliphatic heterocycles. The van der Waals surface area contributed by atoms with Gasteiger partial charge in [0.1, 0.15) is 11.6 Å². The molecule has 0 atom stereocenters. The molecule has 0 radical (unpaired) electrons. The van der Waals surface area contributed by atoms with Gasteiger partial charge < -0.3 is 21.4 Å². The average Bonchev–Trinajstić information content (AvgIpc) is 3.47. The van der Waals surface area contributed by atoms with Crippen molar-refractivity contribution in [3.8, 4) is 22.8 Å². The van der Waals surface area contributed by atoms with Gasteiger partial charge in [-0.05, 0) is 60.7 Å². The molecule has 0 fully saturated rings. The van der Waals surface area contributed by atoms with E-state index in [1.165, 1.54) is 0 Å². The highest BCUT2D eigenvalue weighted by molar-refractivity contribution is 6.11. The number of carbonyl (C=O) groups excluding carboxylic acids is 1. The Hall–Kier alpha value is -4.91. The van der Waals surface area contributed by atoms with Crippen LogP contribution in [0.25, 0.3) is 44.8 Å². The van der Waals surface area contributed by atoms with Crippen LogP contribution in [0.4, 0.5) is 11.4 Å². The van der Waals surface area contributed by atoms with E-state index >= 15 is 0 Å². The molecule has 0 amide bonds. The second-order valence-electron chi connectivity index (χ2n) is 8.21. The lowest BCUT2D eigenvalue weighted by Gasteiger charge is -2.01. The fraction of sp³-hybridized carbons (Fsp3) is 0. The maximum atomic E-state index is 13.3. The Kier molecular flexibility index (Phi) is 4.41. The van der Waals surface area contributed by atoms with E-state index in [2.05, 4.69) is 19.9 Å². The Labute approximate surface area is 194 Å². The Morgan fingerprint density at radius 1 is 0.618 bits per heavy atom. The number of nitrogens with two attached hydrogens (primary N) is 2. The number of aromatic nitrogens is 4. The van der Waals surface area contributed by atoms with E-state index in [1.807, 2.05) is 72.8 Å². The van der Waals surface area contributed by atoms with Crippen molar-refractivity contribution in [2.45, 2.75) is 0 Å². The number of hydrogen-bond donors (Lipinski definition) is 4. The molecule has 0 spiro atoms. The number of carbonyl (C=O) groups is 1. The lowest BCUT2D eigenvalue weighted by molar-refractivity contribution is 0.103. The van der Waals surface area contributed by atoms with Crippen LogP contribution in [-0.2, 0) is 0 Å². The molecule has 7 nitrogen and oxygen atoms in total. The number of anilines is 2. The topological polar surface area (TPSA) is 126 Å². The maximum absolute atomic E-state index is 13.3. The molecule has 34 heavy (non-hydrogen) atoms. The molecule has 0 saturated carbocycles. The minimum absolute atomic E-state index is 0.0796. The van der Waals surface area contributed by atoms with Crippen LogP contribution in [0.2, 0.25) is 0 Å². The van der Waals surface area contributed by atoms with E-state index in [-0.39, 0.29) is 5.78 Å². The normalized spacial score (nSPS) is 11.3. The molecule has 2 aromatic heterocycles. The van der Waals surface area contributed by atoms with Crippen LogP contribution in [0.5, 0.6) is 0 Å². The van der Waals surface area contributed by atoms with E-state index in [1.54, 1.807) is 12.1 Å². The van der Waals surface area contributed by atoms with Gasteiger partial charge in [0, 0.05) is 33.6 Å². The zero-order valence-electron chi connectivity index (χ0n) is 18.0. The van der Waals surface area contributed by atoms with E-state index < -0.39 is 0 Å². The van der Waals surface area contributed by atoms with Crippen LogP contribution in [0.15, 0.2) is 84.9 Å². The lowest BCUT2D eigenvalue weighted by Crippen LogP contribution is -2.01. The quantitative estimate of drug-likeness (QED) is 0.220. The molecule has 0 bridgehead atoms. The fourth-order valence-electron chi connectivity index (χ4n) is 4.11. The number of nitrogens with zero attached hydrogens (tertiary/aromatic N) is 2. The first-order valence-corrected chi connectivity index (χ1v) is 10.8. The minimum Gasteiger partial charge on any atom is -0.399 e. The number of fused-ring (bicyclic) bond motifs is 2. The van der Waals surface area contributed by atoms with E-state index in [4.69, 9.17) is 11.5 Å². The van der Waals surface area contributed by atoms with Crippen molar-refractivity contribution in [3.05, 3.63) is 96.1 Å². The molecule has 6 aromatic rings. The highest BCUT2D eigenvalue weighted by Crippen LogP contribution is 2.26. The third-order valence-electron chi connectivity index (χ3n) is 5.81. The van der Waals surface area contributed by atoms with E-state index in [9.17, 15) is 4.79 Å². The number of nitrogens with one attached hydrogen (secondary N) is 2. The number of aromatic amines is 2. The van der Waals surface area contributed by atoms with Crippen molar-refractivity contribution in [2.75, 3.05) is 11.5 Å². The number of hydrogen-bond acceptors (Lipinski definition) is 5. The van der Waals surface area contributed by atoms with Crippen LogP contribution in [0.1, 0.15) is 15.9 Å². The molecule has 6 rings (SSSR count). The summed E-state index contributed by atoms with van der Waals surface area (Å²) in [6.45, 7) is 0. The zero-order valence-corrected chi connectivity index (χ0v) is 18.0. The third-order valence-corrected chi connectivity index (χ3v) is 5.81. The van der Waals surface area contributed by atoms with Crippen molar-refractivity contribution in [2.24, 2.45) is 0 Å². The first-order valence-electron chi connectivity index (χ1n) is 10.8. The predicted octanol–water partition coefficient (Wildman–Crippen LogP) is 5.17. The van der Waals surface area contributed by atoms with Gasteiger partial charge in [-0.25, -0.2) is 9.97 Å². The van der Waals surface area contributed by atoms with Crippen molar-refractivity contribution in [3.63, 3.8) is 0 Å². The summed E-state index contributed by atoms with van der Waals surface area (Å²) in [5, 5.41) is 0. The molecule has 0 unspecified atom stereocenters. The number of rotatable bonds is 4. The van der Waals surface area contributed by atoms with Crippen molar-refractivity contribution < 1.29 is 4.79 Å². The molecule has 0 aliphatic rings. The molecule has 4 aromatic carbocycles. The molecule has 164 valence electrons. The maximum Gasteiger partial charge on any atom is 0.193 e. The summed E-state index contributed by atoms with van der Waals surface area (Å²) < 4.78 is 0. The van der Waals surface area contributed by atoms with Gasteiger partial charge in [0.15, 0.2) is 5.78 Å². The third kappa shape index (κ3) is 3.45. The highest BCUT2D eigenvalue weighted by atomic mass is 16.1. The van der Waals surface area contributed by atoms with Crippen LogP contribution in [0.3, 0.4) is 0 Å². The molecular formula is C27H20N6O. The zero-order chi connectivity index (χ0) is 23.2. The highest BCUT2D eigenvalue weighted by Gasteiger charge is 2.14. The summed E-state index contributed by atoms with van der Waals surface area (Å²) in [4.78, 5) is 29.1. The molecule has 0 aliphatic carbocycles. The molecule has 6 N–H and O–H groups in total. The fourth-order valence-corrected chi connectivity index (χ4v) is 4.11. The van der Waals surface area contributed by atoms with Crippen molar-refractivity contribution >= 4 is 39.2 Å². The summed E-state index contributed by atoms with van der Waals surface area (Å²) in [6.07, 6.45) is 0. The van der Waals surface area contributed by atoms with Gasteiger partial charge in [-0.1, -0.05) is 24.3 Å². The van der Waals surface area contributed by atoms with Crippen LogP contribution < -0.4 is 11.5 Å². The van der Waals surface area contributed by atoms with Gasteiger partial charge in [-0.15, -0.1) is 0 Å². The largest absolute Gasteiger partial charge is 0.399 e. The van der Waals surface area contributed by atoms with Gasteiger partial charge in [0.25, 0.3) is 0 Å². The lowest BCUT2D eigenvalue weighted by atomic mass is 10.0. The smallest absolute Gasteiger partial charge is 0.193 e.